The van der Waals surface area contributed by atoms with Gasteiger partial charge in [0.25, 0.3) is 0 Å². The Kier molecular flexibility index (Phi) is 5.47. The first-order chi connectivity index (χ1) is 10.1. The van der Waals surface area contributed by atoms with Gasteiger partial charge in [-0.1, -0.05) is 57.2 Å². The fourth-order valence-corrected chi connectivity index (χ4v) is 3.52. The monoisotopic (exact) mass is 300 g/mol. The number of halogens is 1. The van der Waals surface area contributed by atoms with Crippen LogP contribution in [0.4, 0.5) is 0 Å². The molecule has 2 aromatic rings. The van der Waals surface area contributed by atoms with Crippen LogP contribution in [0.2, 0.25) is 0 Å². The highest BCUT2D eigenvalue weighted by Gasteiger charge is 2.19. The molecule has 0 spiro atoms. The van der Waals surface area contributed by atoms with E-state index in [4.69, 9.17) is 11.6 Å². The molecule has 1 unspecified atom stereocenters. The summed E-state index contributed by atoms with van der Waals surface area (Å²) >= 11 is 6.90. The van der Waals surface area contributed by atoms with Gasteiger partial charge in [0.05, 0.1) is 5.38 Å². The molecule has 2 aromatic carbocycles. The van der Waals surface area contributed by atoms with Gasteiger partial charge in [-0.05, 0) is 59.6 Å². The van der Waals surface area contributed by atoms with Crippen LogP contribution < -0.4 is 0 Å². The van der Waals surface area contributed by atoms with Crippen LogP contribution in [0.15, 0.2) is 36.4 Å². The summed E-state index contributed by atoms with van der Waals surface area (Å²) < 4.78 is 0. The van der Waals surface area contributed by atoms with E-state index in [1.165, 1.54) is 33.4 Å². The van der Waals surface area contributed by atoms with E-state index in [0.717, 1.165) is 19.3 Å². The molecule has 0 aliphatic carbocycles. The standard InChI is InChI=1S/C20H25Cl/c1-5-15-12-16(6-2)19(17(7-3)13-15)20(21)18-11-9-8-10-14(18)4/h8-13,20H,5-7H2,1-4H3. The van der Waals surface area contributed by atoms with Crippen LogP contribution in [0.5, 0.6) is 0 Å². The second kappa shape index (κ2) is 7.13. The van der Waals surface area contributed by atoms with Gasteiger partial charge in [-0.15, -0.1) is 11.6 Å². The molecule has 0 radical (unpaired) electrons. The van der Waals surface area contributed by atoms with E-state index in [1.54, 1.807) is 0 Å². The van der Waals surface area contributed by atoms with E-state index in [0.29, 0.717) is 0 Å². The van der Waals surface area contributed by atoms with Crippen LogP contribution in [0.25, 0.3) is 0 Å². The quantitative estimate of drug-likeness (QED) is 0.593. The summed E-state index contributed by atoms with van der Waals surface area (Å²) in [5.41, 5.74) is 8.03. The fraction of sp³-hybridized carbons (Fsp3) is 0.400. The Bertz CT molecular complexity index is 588. The molecular weight excluding hydrogens is 276 g/mol. The third-order valence-electron chi connectivity index (χ3n) is 4.30. The normalized spacial score (nSPS) is 12.4. The summed E-state index contributed by atoms with van der Waals surface area (Å²) in [6.07, 6.45) is 3.15. The predicted molar refractivity (Wildman–Crippen MR) is 93.5 cm³/mol. The summed E-state index contributed by atoms with van der Waals surface area (Å²) in [7, 11) is 0. The lowest BCUT2D eigenvalue weighted by atomic mass is 9.88. The van der Waals surface area contributed by atoms with Crippen molar-refractivity contribution in [1.82, 2.24) is 0 Å². The summed E-state index contributed by atoms with van der Waals surface area (Å²) in [5.74, 6) is 0. The van der Waals surface area contributed by atoms with E-state index >= 15 is 0 Å². The molecule has 0 bridgehead atoms. The molecule has 112 valence electrons. The van der Waals surface area contributed by atoms with Crippen LogP contribution in [0.1, 0.15) is 59.5 Å². The van der Waals surface area contributed by atoms with Gasteiger partial charge >= 0.3 is 0 Å². The molecule has 0 saturated heterocycles. The molecule has 1 heteroatoms. The Labute approximate surface area is 134 Å². The number of hydrogen-bond acceptors (Lipinski definition) is 0. The van der Waals surface area contributed by atoms with Crippen molar-refractivity contribution in [2.75, 3.05) is 0 Å². The molecule has 21 heavy (non-hydrogen) atoms. The minimum atomic E-state index is -0.0537. The summed E-state index contributed by atoms with van der Waals surface area (Å²) in [4.78, 5) is 0. The van der Waals surface area contributed by atoms with Gasteiger partial charge in [0.1, 0.15) is 0 Å². The van der Waals surface area contributed by atoms with Crippen LogP contribution in [-0.4, -0.2) is 0 Å². The SMILES string of the molecule is CCc1cc(CC)c(C(Cl)c2ccccc2C)c(CC)c1. The van der Waals surface area contributed by atoms with Gasteiger partial charge < -0.3 is 0 Å². The first-order valence-electron chi connectivity index (χ1n) is 7.96. The lowest BCUT2D eigenvalue weighted by Crippen LogP contribution is -2.06. The van der Waals surface area contributed by atoms with Gasteiger partial charge in [-0.25, -0.2) is 0 Å². The Morgan fingerprint density at radius 2 is 1.48 bits per heavy atom. The van der Waals surface area contributed by atoms with E-state index in [2.05, 4.69) is 64.1 Å². The van der Waals surface area contributed by atoms with Crippen LogP contribution in [0.3, 0.4) is 0 Å². The molecule has 2 rings (SSSR count). The van der Waals surface area contributed by atoms with Crippen molar-refractivity contribution < 1.29 is 0 Å². The minimum absolute atomic E-state index is 0.0537. The van der Waals surface area contributed by atoms with Gasteiger partial charge in [-0.2, -0.15) is 0 Å². The van der Waals surface area contributed by atoms with Crippen molar-refractivity contribution in [1.29, 1.82) is 0 Å². The molecule has 0 heterocycles. The smallest absolute Gasteiger partial charge is 0.0843 e. The topological polar surface area (TPSA) is 0 Å². The highest BCUT2D eigenvalue weighted by Crippen LogP contribution is 2.36. The minimum Gasteiger partial charge on any atom is -0.113 e. The predicted octanol–water partition coefficient (Wildman–Crippen LogP) is 6.01. The molecule has 0 N–H and O–H groups in total. The molecule has 0 aromatic heterocycles. The third-order valence-corrected chi connectivity index (χ3v) is 4.75. The molecular formula is C20H25Cl. The van der Waals surface area contributed by atoms with Crippen molar-refractivity contribution in [2.45, 2.75) is 52.3 Å². The average molecular weight is 301 g/mol. The maximum atomic E-state index is 6.90. The third kappa shape index (κ3) is 3.32. The first-order valence-corrected chi connectivity index (χ1v) is 8.40. The van der Waals surface area contributed by atoms with Gasteiger partial charge in [-0.3, -0.25) is 0 Å². The number of benzene rings is 2. The maximum Gasteiger partial charge on any atom is 0.0843 e. The van der Waals surface area contributed by atoms with Crippen molar-refractivity contribution in [3.8, 4) is 0 Å². The fourth-order valence-electron chi connectivity index (χ4n) is 2.99. The molecule has 0 aliphatic rings. The Morgan fingerprint density at radius 3 is 1.95 bits per heavy atom. The van der Waals surface area contributed by atoms with Crippen LogP contribution in [-0.2, 0) is 19.3 Å². The van der Waals surface area contributed by atoms with Crippen LogP contribution in [0, 0.1) is 6.92 Å². The van der Waals surface area contributed by atoms with Crippen molar-refractivity contribution in [3.05, 3.63) is 69.8 Å². The molecule has 0 aliphatic heterocycles. The molecule has 0 nitrogen and oxygen atoms in total. The maximum absolute atomic E-state index is 6.90. The van der Waals surface area contributed by atoms with E-state index in [9.17, 15) is 0 Å². The largest absolute Gasteiger partial charge is 0.113 e. The molecule has 0 fully saturated rings. The van der Waals surface area contributed by atoms with Crippen molar-refractivity contribution in [2.24, 2.45) is 0 Å². The molecule has 0 saturated carbocycles. The lowest BCUT2D eigenvalue weighted by Gasteiger charge is -2.21. The van der Waals surface area contributed by atoms with Gasteiger partial charge in [0.2, 0.25) is 0 Å². The lowest BCUT2D eigenvalue weighted by molar-refractivity contribution is 0.959. The Morgan fingerprint density at radius 1 is 0.905 bits per heavy atom. The summed E-state index contributed by atoms with van der Waals surface area (Å²) in [5, 5.41) is -0.0537. The average Bonchev–Trinajstić information content (AvgIpc) is 2.53. The summed E-state index contributed by atoms with van der Waals surface area (Å²) in [6.45, 7) is 8.80. The molecule has 1 atom stereocenters. The zero-order chi connectivity index (χ0) is 15.4. The number of hydrogen-bond donors (Lipinski definition) is 0. The highest BCUT2D eigenvalue weighted by atomic mass is 35.5. The number of aryl methyl sites for hydroxylation is 4. The van der Waals surface area contributed by atoms with E-state index in [-0.39, 0.29) is 5.38 Å². The number of alkyl halides is 1. The van der Waals surface area contributed by atoms with E-state index < -0.39 is 0 Å². The van der Waals surface area contributed by atoms with Crippen molar-refractivity contribution >= 4 is 11.6 Å². The van der Waals surface area contributed by atoms with E-state index in [1.807, 2.05) is 0 Å². The zero-order valence-electron chi connectivity index (χ0n) is 13.5. The zero-order valence-corrected chi connectivity index (χ0v) is 14.3. The second-order valence-electron chi connectivity index (χ2n) is 5.61. The Balaban J connectivity index is 2.59. The highest BCUT2D eigenvalue weighted by molar-refractivity contribution is 6.23. The number of rotatable bonds is 5. The first kappa shape index (κ1) is 16.1. The van der Waals surface area contributed by atoms with Gasteiger partial charge in [0.15, 0.2) is 0 Å². The van der Waals surface area contributed by atoms with Gasteiger partial charge in [0, 0.05) is 0 Å². The molecule has 0 amide bonds. The Hall–Kier alpha value is -1.27. The van der Waals surface area contributed by atoms with Crippen molar-refractivity contribution in [3.63, 3.8) is 0 Å². The summed E-state index contributed by atoms with van der Waals surface area (Å²) in [6, 6.07) is 13.1. The second-order valence-corrected chi connectivity index (χ2v) is 6.04. The van der Waals surface area contributed by atoms with Crippen LogP contribution >= 0.6 is 11.6 Å².